The number of aryl methyl sites for hydroxylation is 2. The molecule has 0 saturated carbocycles. The van der Waals surface area contributed by atoms with Crippen LogP contribution in [0.15, 0.2) is 41.3 Å². The molecular formula is C16H16N2OS. The largest absolute Gasteiger partial charge is 0.399 e. The standard InChI is InChI=1S/C16H16N2OS/c1-11-3-6-15(18)8-16(11)20(19)10-14-5-4-13(9-17)7-12(14)2/h3-8H,10,18H2,1-2H3. The predicted octanol–water partition coefficient (Wildman–Crippen LogP) is 3.07. The van der Waals surface area contributed by atoms with Gasteiger partial charge in [-0.15, -0.1) is 0 Å². The van der Waals surface area contributed by atoms with E-state index in [0.29, 0.717) is 17.0 Å². The molecule has 102 valence electrons. The van der Waals surface area contributed by atoms with Gasteiger partial charge in [-0.3, -0.25) is 4.21 Å². The van der Waals surface area contributed by atoms with E-state index in [1.165, 1.54) is 0 Å². The van der Waals surface area contributed by atoms with Gasteiger partial charge in [-0.25, -0.2) is 0 Å². The normalized spacial score (nSPS) is 11.8. The van der Waals surface area contributed by atoms with E-state index < -0.39 is 10.8 Å². The van der Waals surface area contributed by atoms with Crippen molar-refractivity contribution in [2.75, 3.05) is 5.73 Å². The van der Waals surface area contributed by atoms with Crippen LogP contribution in [0.1, 0.15) is 22.3 Å². The highest BCUT2D eigenvalue weighted by Crippen LogP contribution is 2.21. The van der Waals surface area contributed by atoms with Crippen LogP contribution in [-0.2, 0) is 16.6 Å². The van der Waals surface area contributed by atoms with Crippen molar-refractivity contribution in [2.24, 2.45) is 0 Å². The number of benzene rings is 2. The Hall–Kier alpha value is -2.12. The second kappa shape index (κ2) is 5.89. The van der Waals surface area contributed by atoms with Gasteiger partial charge in [0.25, 0.3) is 0 Å². The molecular weight excluding hydrogens is 268 g/mol. The maximum Gasteiger partial charge on any atom is 0.0991 e. The third kappa shape index (κ3) is 3.06. The van der Waals surface area contributed by atoms with E-state index >= 15 is 0 Å². The van der Waals surface area contributed by atoms with Crippen LogP contribution in [-0.4, -0.2) is 4.21 Å². The van der Waals surface area contributed by atoms with Gasteiger partial charge in [0.05, 0.1) is 28.2 Å². The van der Waals surface area contributed by atoms with Crippen molar-refractivity contribution >= 4 is 16.5 Å². The summed E-state index contributed by atoms with van der Waals surface area (Å²) in [5, 5.41) is 8.86. The first kappa shape index (κ1) is 14.3. The summed E-state index contributed by atoms with van der Waals surface area (Å²) >= 11 is 0. The van der Waals surface area contributed by atoms with Crippen LogP contribution in [0.25, 0.3) is 0 Å². The van der Waals surface area contributed by atoms with Crippen LogP contribution >= 0.6 is 0 Å². The summed E-state index contributed by atoms with van der Waals surface area (Å²) in [5.41, 5.74) is 9.95. The summed E-state index contributed by atoms with van der Waals surface area (Å²) in [5.74, 6) is 0.432. The molecule has 0 saturated heterocycles. The van der Waals surface area contributed by atoms with E-state index in [4.69, 9.17) is 11.0 Å². The second-order valence-corrected chi connectivity index (χ2v) is 6.19. The third-order valence-corrected chi connectivity index (χ3v) is 4.72. The molecule has 0 fully saturated rings. The van der Waals surface area contributed by atoms with Gasteiger partial charge >= 0.3 is 0 Å². The van der Waals surface area contributed by atoms with Crippen LogP contribution in [0.5, 0.6) is 0 Å². The smallest absolute Gasteiger partial charge is 0.0991 e. The molecule has 2 rings (SSSR count). The van der Waals surface area contributed by atoms with Gasteiger partial charge < -0.3 is 5.73 Å². The van der Waals surface area contributed by atoms with Crippen LogP contribution in [0.3, 0.4) is 0 Å². The molecule has 0 aliphatic heterocycles. The minimum absolute atomic E-state index is 0.432. The van der Waals surface area contributed by atoms with Crippen molar-refractivity contribution in [2.45, 2.75) is 24.5 Å². The lowest BCUT2D eigenvalue weighted by atomic mass is 10.1. The summed E-state index contributed by atoms with van der Waals surface area (Å²) in [6, 6.07) is 13.0. The van der Waals surface area contributed by atoms with Crippen LogP contribution < -0.4 is 5.73 Å². The minimum Gasteiger partial charge on any atom is -0.399 e. The predicted molar refractivity (Wildman–Crippen MR) is 81.6 cm³/mol. The number of nitrogen functional groups attached to an aromatic ring is 1. The highest BCUT2D eigenvalue weighted by atomic mass is 32.2. The number of nitriles is 1. The molecule has 3 nitrogen and oxygen atoms in total. The fourth-order valence-electron chi connectivity index (χ4n) is 2.01. The van der Waals surface area contributed by atoms with Crippen molar-refractivity contribution in [3.8, 4) is 6.07 Å². The first-order valence-electron chi connectivity index (χ1n) is 6.25. The molecule has 2 aromatic rings. The number of hydrogen-bond donors (Lipinski definition) is 1. The first-order valence-corrected chi connectivity index (χ1v) is 7.57. The van der Waals surface area contributed by atoms with Gasteiger partial charge in [0.1, 0.15) is 0 Å². The van der Waals surface area contributed by atoms with Gasteiger partial charge in [0, 0.05) is 10.6 Å². The number of anilines is 1. The molecule has 20 heavy (non-hydrogen) atoms. The van der Waals surface area contributed by atoms with Crippen molar-refractivity contribution in [3.05, 3.63) is 58.7 Å². The van der Waals surface area contributed by atoms with Gasteiger partial charge in [0.2, 0.25) is 0 Å². The van der Waals surface area contributed by atoms with E-state index in [-0.39, 0.29) is 0 Å². The van der Waals surface area contributed by atoms with Crippen LogP contribution in [0, 0.1) is 25.2 Å². The molecule has 0 bridgehead atoms. The Morgan fingerprint density at radius 2 is 1.90 bits per heavy atom. The summed E-state index contributed by atoms with van der Waals surface area (Å²) in [4.78, 5) is 0.772. The summed E-state index contributed by atoms with van der Waals surface area (Å²) < 4.78 is 12.5. The molecule has 1 atom stereocenters. The van der Waals surface area contributed by atoms with Crippen molar-refractivity contribution < 1.29 is 4.21 Å². The summed E-state index contributed by atoms with van der Waals surface area (Å²) in [6.07, 6.45) is 0. The fraction of sp³-hybridized carbons (Fsp3) is 0.188. The zero-order valence-electron chi connectivity index (χ0n) is 11.5. The lowest BCUT2D eigenvalue weighted by molar-refractivity contribution is 0.682. The Bertz CT molecular complexity index is 717. The summed E-state index contributed by atoms with van der Waals surface area (Å²) in [6.45, 7) is 3.86. The highest BCUT2D eigenvalue weighted by Gasteiger charge is 2.10. The Kier molecular flexibility index (Phi) is 4.21. The topological polar surface area (TPSA) is 66.9 Å². The molecule has 0 amide bonds. The summed E-state index contributed by atoms with van der Waals surface area (Å²) in [7, 11) is -1.14. The molecule has 0 radical (unpaired) electrons. The SMILES string of the molecule is Cc1cc(C#N)ccc1CS(=O)c1cc(N)ccc1C. The van der Waals surface area contributed by atoms with Crippen LogP contribution in [0.4, 0.5) is 5.69 Å². The molecule has 2 aromatic carbocycles. The number of nitrogens with two attached hydrogens (primary N) is 1. The van der Waals surface area contributed by atoms with Gasteiger partial charge in [-0.05, 0) is 54.8 Å². The fourth-order valence-corrected chi connectivity index (χ4v) is 3.46. The zero-order valence-corrected chi connectivity index (χ0v) is 12.3. The second-order valence-electron chi connectivity index (χ2n) is 4.77. The Morgan fingerprint density at radius 3 is 2.55 bits per heavy atom. The number of nitrogens with zero attached hydrogens (tertiary/aromatic N) is 1. The molecule has 0 heterocycles. The molecule has 4 heteroatoms. The van der Waals surface area contributed by atoms with E-state index in [9.17, 15) is 4.21 Å². The average molecular weight is 284 g/mol. The molecule has 1 unspecified atom stereocenters. The van der Waals surface area contributed by atoms with E-state index in [0.717, 1.165) is 21.6 Å². The van der Waals surface area contributed by atoms with Gasteiger partial charge in [0.15, 0.2) is 0 Å². The van der Waals surface area contributed by atoms with Gasteiger partial charge in [-0.2, -0.15) is 5.26 Å². The highest BCUT2D eigenvalue weighted by molar-refractivity contribution is 7.84. The molecule has 0 spiro atoms. The first-order chi connectivity index (χ1) is 9.51. The monoisotopic (exact) mass is 284 g/mol. The Morgan fingerprint density at radius 1 is 1.15 bits per heavy atom. The lowest BCUT2D eigenvalue weighted by Gasteiger charge is -2.09. The quantitative estimate of drug-likeness (QED) is 0.881. The van der Waals surface area contributed by atoms with E-state index in [2.05, 4.69) is 6.07 Å². The third-order valence-electron chi connectivity index (χ3n) is 3.22. The van der Waals surface area contributed by atoms with Crippen molar-refractivity contribution in [3.63, 3.8) is 0 Å². The van der Waals surface area contributed by atoms with Gasteiger partial charge in [-0.1, -0.05) is 12.1 Å². The Labute approximate surface area is 121 Å². The average Bonchev–Trinajstić information content (AvgIpc) is 2.43. The van der Waals surface area contributed by atoms with Crippen LogP contribution in [0.2, 0.25) is 0 Å². The molecule has 0 aromatic heterocycles. The van der Waals surface area contributed by atoms with E-state index in [1.54, 1.807) is 12.1 Å². The minimum atomic E-state index is -1.14. The Balaban J connectivity index is 2.28. The van der Waals surface area contributed by atoms with Crippen molar-refractivity contribution in [1.29, 1.82) is 5.26 Å². The van der Waals surface area contributed by atoms with E-state index in [1.807, 2.05) is 38.1 Å². The maximum absolute atomic E-state index is 12.5. The molecule has 2 N–H and O–H groups in total. The zero-order chi connectivity index (χ0) is 14.7. The maximum atomic E-state index is 12.5. The lowest BCUT2D eigenvalue weighted by Crippen LogP contribution is -2.02. The van der Waals surface area contributed by atoms with Crippen molar-refractivity contribution in [1.82, 2.24) is 0 Å². The number of hydrogen-bond acceptors (Lipinski definition) is 3. The number of rotatable bonds is 3. The molecule has 0 aliphatic carbocycles. The molecule has 0 aliphatic rings.